The number of amides is 1. The van der Waals surface area contributed by atoms with Gasteiger partial charge in [-0.3, -0.25) is 4.79 Å². The molecule has 0 aromatic heterocycles. The maximum Gasteiger partial charge on any atom is 0.251 e. The third-order valence-electron chi connectivity index (χ3n) is 3.16. The average molecular weight is 248 g/mol. The Morgan fingerprint density at radius 3 is 3.17 bits per heavy atom. The Kier molecular flexibility index (Phi) is 4.20. The number of carbonyl (C=O) groups excluding carboxylic acids is 1. The van der Waals surface area contributed by atoms with E-state index in [-0.39, 0.29) is 12.0 Å². The number of aliphatic hydroxyl groups excluding tert-OH is 1. The van der Waals surface area contributed by atoms with Crippen LogP contribution in [0.25, 0.3) is 0 Å². The third-order valence-corrected chi connectivity index (χ3v) is 3.16. The van der Waals surface area contributed by atoms with E-state index in [0.717, 1.165) is 30.6 Å². The van der Waals surface area contributed by atoms with Crippen molar-refractivity contribution in [3.05, 3.63) is 29.3 Å². The summed E-state index contributed by atoms with van der Waals surface area (Å²) in [7, 11) is 0. The Balaban J connectivity index is 1.85. The van der Waals surface area contributed by atoms with Crippen molar-refractivity contribution >= 4 is 11.6 Å². The van der Waals surface area contributed by atoms with Gasteiger partial charge in [-0.05, 0) is 49.9 Å². The van der Waals surface area contributed by atoms with Gasteiger partial charge in [0.2, 0.25) is 0 Å². The number of hydrogen-bond acceptors (Lipinski definition) is 3. The van der Waals surface area contributed by atoms with Crippen molar-refractivity contribution in [1.82, 2.24) is 5.32 Å². The molecule has 4 nitrogen and oxygen atoms in total. The summed E-state index contributed by atoms with van der Waals surface area (Å²) < 4.78 is 0. The van der Waals surface area contributed by atoms with Crippen LogP contribution in [-0.4, -0.2) is 30.2 Å². The predicted molar refractivity (Wildman–Crippen MR) is 71.9 cm³/mol. The second-order valence-corrected chi connectivity index (χ2v) is 4.80. The molecule has 98 valence electrons. The lowest BCUT2D eigenvalue weighted by Crippen LogP contribution is -2.25. The fraction of sp³-hybridized carbons (Fsp3) is 0.500. The molecule has 2 rings (SSSR count). The lowest BCUT2D eigenvalue weighted by molar-refractivity contribution is 0.0949. The number of aliphatic hydroxyl groups is 1. The molecule has 1 aromatic rings. The van der Waals surface area contributed by atoms with Gasteiger partial charge in [-0.15, -0.1) is 0 Å². The molecule has 1 aliphatic rings. The summed E-state index contributed by atoms with van der Waals surface area (Å²) in [5.41, 5.74) is 3.07. The summed E-state index contributed by atoms with van der Waals surface area (Å²) in [6, 6.07) is 5.77. The minimum Gasteiger partial charge on any atom is -0.393 e. The first-order chi connectivity index (χ1) is 8.66. The lowest BCUT2D eigenvalue weighted by Gasteiger charge is -2.07. The van der Waals surface area contributed by atoms with Gasteiger partial charge in [0.25, 0.3) is 5.91 Å². The molecule has 0 saturated carbocycles. The van der Waals surface area contributed by atoms with Crippen molar-refractivity contribution in [2.45, 2.75) is 32.3 Å². The number of fused-ring (bicyclic) bond motifs is 1. The van der Waals surface area contributed by atoms with Crippen molar-refractivity contribution in [2.75, 3.05) is 18.4 Å². The number of hydrogen-bond donors (Lipinski definition) is 3. The van der Waals surface area contributed by atoms with E-state index in [2.05, 4.69) is 10.6 Å². The Labute approximate surface area is 107 Å². The number of carbonyl (C=O) groups is 1. The zero-order chi connectivity index (χ0) is 13.0. The average Bonchev–Trinajstić information content (AvgIpc) is 2.81. The summed E-state index contributed by atoms with van der Waals surface area (Å²) in [5, 5.41) is 15.3. The molecule has 0 bridgehead atoms. The largest absolute Gasteiger partial charge is 0.393 e. The molecule has 1 atom stereocenters. The van der Waals surface area contributed by atoms with Gasteiger partial charge >= 0.3 is 0 Å². The standard InChI is InChI=1S/C14H20N2O2/c1-10(17)3-2-7-16-14(18)12-4-5-13-11(9-12)6-8-15-13/h4-5,9-10,15,17H,2-3,6-8H2,1H3,(H,16,18). The highest BCUT2D eigenvalue weighted by molar-refractivity contribution is 5.95. The molecule has 0 aliphatic carbocycles. The van der Waals surface area contributed by atoms with Crippen LogP contribution in [0.2, 0.25) is 0 Å². The highest BCUT2D eigenvalue weighted by Crippen LogP contribution is 2.22. The molecule has 0 spiro atoms. The minimum absolute atomic E-state index is 0.0321. The Morgan fingerprint density at radius 1 is 1.56 bits per heavy atom. The van der Waals surface area contributed by atoms with Gasteiger partial charge in [0.15, 0.2) is 0 Å². The van der Waals surface area contributed by atoms with E-state index in [4.69, 9.17) is 5.11 Å². The van der Waals surface area contributed by atoms with Gasteiger partial charge in [-0.1, -0.05) is 0 Å². The highest BCUT2D eigenvalue weighted by Gasteiger charge is 2.13. The first-order valence-corrected chi connectivity index (χ1v) is 6.50. The predicted octanol–water partition coefficient (Wildman–Crippen LogP) is 1.55. The summed E-state index contributed by atoms with van der Waals surface area (Å²) in [4.78, 5) is 11.9. The van der Waals surface area contributed by atoms with Crippen LogP contribution < -0.4 is 10.6 Å². The van der Waals surface area contributed by atoms with Crippen LogP contribution in [-0.2, 0) is 6.42 Å². The molecule has 1 aromatic carbocycles. The van der Waals surface area contributed by atoms with Crippen LogP contribution in [0.15, 0.2) is 18.2 Å². The molecule has 1 heterocycles. The molecule has 1 unspecified atom stereocenters. The Hall–Kier alpha value is -1.55. The van der Waals surface area contributed by atoms with Gasteiger partial charge in [0, 0.05) is 24.3 Å². The SMILES string of the molecule is CC(O)CCCNC(=O)c1ccc2c(c1)CCN2. The van der Waals surface area contributed by atoms with Gasteiger partial charge in [-0.2, -0.15) is 0 Å². The van der Waals surface area contributed by atoms with Crippen LogP contribution in [0.3, 0.4) is 0 Å². The molecule has 1 aliphatic heterocycles. The molecule has 0 fully saturated rings. The second-order valence-electron chi connectivity index (χ2n) is 4.80. The molecule has 0 radical (unpaired) electrons. The van der Waals surface area contributed by atoms with Gasteiger partial charge < -0.3 is 15.7 Å². The number of benzene rings is 1. The lowest BCUT2D eigenvalue weighted by atomic mass is 10.1. The van der Waals surface area contributed by atoms with E-state index in [1.165, 1.54) is 5.56 Å². The first kappa shape index (κ1) is 12.9. The van der Waals surface area contributed by atoms with Gasteiger partial charge in [0.1, 0.15) is 0 Å². The van der Waals surface area contributed by atoms with Crippen molar-refractivity contribution < 1.29 is 9.90 Å². The maximum atomic E-state index is 11.9. The van der Waals surface area contributed by atoms with Crippen molar-refractivity contribution in [3.8, 4) is 0 Å². The molecular weight excluding hydrogens is 228 g/mol. The number of anilines is 1. The van der Waals surface area contributed by atoms with E-state index in [1.807, 2.05) is 18.2 Å². The van der Waals surface area contributed by atoms with E-state index in [0.29, 0.717) is 13.0 Å². The molecular formula is C14H20N2O2. The van der Waals surface area contributed by atoms with Crippen molar-refractivity contribution in [2.24, 2.45) is 0 Å². The fourth-order valence-electron chi connectivity index (χ4n) is 2.15. The molecule has 4 heteroatoms. The van der Waals surface area contributed by atoms with E-state index >= 15 is 0 Å². The monoisotopic (exact) mass is 248 g/mol. The zero-order valence-electron chi connectivity index (χ0n) is 10.7. The van der Waals surface area contributed by atoms with Crippen LogP contribution in [0, 0.1) is 0 Å². The maximum absolute atomic E-state index is 11.9. The highest BCUT2D eigenvalue weighted by atomic mass is 16.3. The number of nitrogens with one attached hydrogen (secondary N) is 2. The van der Waals surface area contributed by atoms with Crippen molar-refractivity contribution in [1.29, 1.82) is 0 Å². The van der Waals surface area contributed by atoms with Crippen LogP contribution >= 0.6 is 0 Å². The first-order valence-electron chi connectivity index (χ1n) is 6.50. The van der Waals surface area contributed by atoms with Gasteiger partial charge in [0.05, 0.1) is 6.10 Å². The van der Waals surface area contributed by atoms with E-state index < -0.39 is 0 Å². The fourth-order valence-corrected chi connectivity index (χ4v) is 2.15. The van der Waals surface area contributed by atoms with Crippen molar-refractivity contribution in [3.63, 3.8) is 0 Å². The molecule has 3 N–H and O–H groups in total. The normalized spacial score (nSPS) is 14.8. The van der Waals surface area contributed by atoms with Crippen LogP contribution in [0.1, 0.15) is 35.7 Å². The van der Waals surface area contributed by atoms with Crippen LogP contribution in [0.5, 0.6) is 0 Å². The topological polar surface area (TPSA) is 61.4 Å². The smallest absolute Gasteiger partial charge is 0.251 e. The molecule has 1 amide bonds. The quantitative estimate of drug-likeness (QED) is 0.693. The summed E-state index contributed by atoms with van der Waals surface area (Å²) >= 11 is 0. The summed E-state index contributed by atoms with van der Waals surface area (Å²) in [6.07, 6.45) is 2.20. The van der Waals surface area contributed by atoms with E-state index in [1.54, 1.807) is 6.92 Å². The minimum atomic E-state index is -0.298. The Bertz CT molecular complexity index is 430. The summed E-state index contributed by atoms with van der Waals surface area (Å²) in [6.45, 7) is 3.32. The molecule has 0 saturated heterocycles. The van der Waals surface area contributed by atoms with Gasteiger partial charge in [-0.25, -0.2) is 0 Å². The zero-order valence-corrected chi connectivity index (χ0v) is 10.7. The van der Waals surface area contributed by atoms with E-state index in [9.17, 15) is 4.79 Å². The Morgan fingerprint density at radius 2 is 2.39 bits per heavy atom. The summed E-state index contributed by atoms with van der Waals surface area (Å²) in [5.74, 6) is -0.0321. The number of rotatable bonds is 5. The third kappa shape index (κ3) is 3.23. The second kappa shape index (κ2) is 5.87. The van der Waals surface area contributed by atoms with Crippen LogP contribution in [0.4, 0.5) is 5.69 Å². The molecule has 18 heavy (non-hydrogen) atoms.